The van der Waals surface area contributed by atoms with Gasteiger partial charge in [-0.2, -0.15) is 5.10 Å². The molecule has 1 N–H and O–H groups in total. The summed E-state index contributed by atoms with van der Waals surface area (Å²) in [7, 11) is 0. The number of hydrogen-bond acceptors (Lipinski definition) is 3. The monoisotopic (exact) mass is 385 g/mol. The van der Waals surface area contributed by atoms with Gasteiger partial charge in [-0.15, -0.1) is 0 Å². The van der Waals surface area contributed by atoms with Gasteiger partial charge in [-0.25, -0.2) is 9.07 Å². The third kappa shape index (κ3) is 4.41. The first-order chi connectivity index (χ1) is 12.8. The second-order valence-electron chi connectivity index (χ2n) is 6.19. The molecule has 0 fully saturated rings. The molecule has 1 aromatic heterocycles. The van der Waals surface area contributed by atoms with Crippen LogP contribution in [0.15, 0.2) is 53.3 Å². The number of halogens is 2. The summed E-state index contributed by atoms with van der Waals surface area (Å²) in [4.78, 5) is 24.3. The molecule has 0 unspecified atom stereocenters. The zero-order valence-corrected chi connectivity index (χ0v) is 15.5. The van der Waals surface area contributed by atoms with E-state index in [-0.39, 0.29) is 17.3 Å². The lowest BCUT2D eigenvalue weighted by atomic mass is 10.0. The topological polar surface area (TPSA) is 64.0 Å². The van der Waals surface area contributed by atoms with Gasteiger partial charge >= 0.3 is 0 Å². The quantitative estimate of drug-likeness (QED) is 0.739. The average molecular weight is 386 g/mol. The van der Waals surface area contributed by atoms with E-state index < -0.39 is 17.3 Å². The van der Waals surface area contributed by atoms with Crippen LogP contribution in [0.2, 0.25) is 5.02 Å². The normalized spacial score (nSPS) is 10.7. The van der Waals surface area contributed by atoms with Crippen molar-refractivity contribution >= 4 is 23.2 Å². The first-order valence-electron chi connectivity index (χ1n) is 8.24. The molecule has 0 aliphatic carbocycles. The molecule has 5 nitrogen and oxygen atoms in total. The Balaban J connectivity index is 1.83. The Kier molecular flexibility index (Phi) is 5.37. The van der Waals surface area contributed by atoms with Gasteiger partial charge in [-0.05, 0) is 55.3 Å². The Morgan fingerprint density at radius 1 is 1.11 bits per heavy atom. The second-order valence-corrected chi connectivity index (χ2v) is 6.59. The lowest BCUT2D eigenvalue weighted by Crippen LogP contribution is -2.29. The highest BCUT2D eigenvalue weighted by molar-refractivity contribution is 6.33. The Hall–Kier alpha value is -2.99. The van der Waals surface area contributed by atoms with E-state index in [0.717, 1.165) is 27.4 Å². The molecule has 0 saturated heterocycles. The van der Waals surface area contributed by atoms with Gasteiger partial charge in [0.1, 0.15) is 12.4 Å². The van der Waals surface area contributed by atoms with Crippen LogP contribution in [0.3, 0.4) is 0 Å². The Morgan fingerprint density at radius 3 is 2.59 bits per heavy atom. The highest BCUT2D eigenvalue weighted by atomic mass is 35.5. The molecule has 0 saturated carbocycles. The summed E-state index contributed by atoms with van der Waals surface area (Å²) < 4.78 is 14.2. The van der Waals surface area contributed by atoms with E-state index in [9.17, 15) is 14.0 Å². The largest absolute Gasteiger partial charge is 0.323 e. The van der Waals surface area contributed by atoms with E-state index in [4.69, 9.17) is 11.6 Å². The molecule has 0 atom stereocenters. The summed E-state index contributed by atoms with van der Waals surface area (Å²) >= 11 is 5.90. The second kappa shape index (κ2) is 7.72. The van der Waals surface area contributed by atoms with Crippen LogP contribution in [0.4, 0.5) is 10.1 Å². The number of aromatic nitrogens is 2. The van der Waals surface area contributed by atoms with Gasteiger partial charge < -0.3 is 5.32 Å². The smallest absolute Gasteiger partial charge is 0.267 e. The minimum absolute atomic E-state index is 0.0764. The summed E-state index contributed by atoms with van der Waals surface area (Å²) in [6.07, 6.45) is 0. The molecule has 0 radical (unpaired) electrons. The van der Waals surface area contributed by atoms with Crippen LogP contribution in [0.25, 0.3) is 11.3 Å². The molecule has 0 aliphatic heterocycles. The lowest BCUT2D eigenvalue weighted by molar-refractivity contribution is -0.117. The van der Waals surface area contributed by atoms with Gasteiger partial charge in [0.2, 0.25) is 5.91 Å². The molecule has 1 heterocycles. The Labute approximate surface area is 160 Å². The van der Waals surface area contributed by atoms with E-state index >= 15 is 0 Å². The zero-order valence-electron chi connectivity index (χ0n) is 14.8. The number of aryl methyl sites for hydroxylation is 2. The van der Waals surface area contributed by atoms with Crippen LogP contribution in [0.5, 0.6) is 0 Å². The maximum atomic E-state index is 13.1. The predicted molar refractivity (Wildman–Crippen MR) is 103 cm³/mol. The standard InChI is InChI=1S/C20H17ClFN3O2/c1-12-3-4-14(9-13(12)2)17-7-8-20(27)25(24-17)11-19(26)23-18-6-5-15(22)10-16(18)21/h3-10H,11H2,1-2H3,(H,23,26). The number of nitrogens with zero attached hydrogens (tertiary/aromatic N) is 2. The molecular weight excluding hydrogens is 369 g/mol. The summed E-state index contributed by atoms with van der Waals surface area (Å²) in [5.74, 6) is -0.993. The maximum absolute atomic E-state index is 13.1. The highest BCUT2D eigenvalue weighted by Gasteiger charge is 2.11. The molecule has 138 valence electrons. The van der Waals surface area contributed by atoms with Crippen LogP contribution in [0, 0.1) is 19.7 Å². The maximum Gasteiger partial charge on any atom is 0.267 e. The van der Waals surface area contributed by atoms with E-state index in [1.54, 1.807) is 6.07 Å². The molecule has 2 aromatic carbocycles. The third-order valence-corrected chi connectivity index (χ3v) is 4.48. The molecular formula is C20H17ClFN3O2. The van der Waals surface area contributed by atoms with Crippen LogP contribution in [-0.4, -0.2) is 15.7 Å². The predicted octanol–water partition coefficient (Wildman–Crippen LogP) is 3.96. The van der Waals surface area contributed by atoms with E-state index in [1.165, 1.54) is 18.2 Å². The number of rotatable bonds is 4. The SMILES string of the molecule is Cc1ccc(-c2ccc(=O)n(CC(=O)Nc3ccc(F)cc3Cl)n2)cc1C. The molecule has 0 bridgehead atoms. The molecule has 0 aliphatic rings. The summed E-state index contributed by atoms with van der Waals surface area (Å²) in [5.41, 5.74) is 3.57. The van der Waals surface area contributed by atoms with Gasteiger partial charge in [-0.3, -0.25) is 9.59 Å². The number of hydrogen-bond donors (Lipinski definition) is 1. The number of carbonyl (C=O) groups excluding carboxylic acids is 1. The fourth-order valence-corrected chi connectivity index (χ4v) is 2.75. The fraction of sp³-hybridized carbons (Fsp3) is 0.150. The van der Waals surface area contributed by atoms with Crippen molar-refractivity contribution in [2.24, 2.45) is 0 Å². The van der Waals surface area contributed by atoms with Crippen LogP contribution in [-0.2, 0) is 11.3 Å². The van der Waals surface area contributed by atoms with Gasteiger partial charge in [0.15, 0.2) is 0 Å². The summed E-state index contributed by atoms with van der Waals surface area (Å²) in [6.45, 7) is 3.72. The van der Waals surface area contributed by atoms with Crippen LogP contribution in [0.1, 0.15) is 11.1 Å². The van der Waals surface area contributed by atoms with Gasteiger partial charge in [0.25, 0.3) is 5.56 Å². The molecule has 0 spiro atoms. The van der Waals surface area contributed by atoms with E-state index in [2.05, 4.69) is 10.4 Å². The van der Waals surface area contributed by atoms with Gasteiger partial charge in [0, 0.05) is 11.6 Å². The minimum atomic E-state index is -0.503. The first kappa shape index (κ1) is 18.8. The minimum Gasteiger partial charge on any atom is -0.323 e. The van der Waals surface area contributed by atoms with Gasteiger partial charge in [0.05, 0.1) is 16.4 Å². The van der Waals surface area contributed by atoms with Crippen LogP contribution < -0.4 is 10.9 Å². The molecule has 3 rings (SSSR count). The van der Waals surface area contributed by atoms with Crippen molar-refractivity contribution in [3.05, 3.63) is 80.9 Å². The molecule has 27 heavy (non-hydrogen) atoms. The Bertz CT molecular complexity index is 1080. The van der Waals surface area contributed by atoms with Crippen molar-refractivity contribution in [1.29, 1.82) is 0 Å². The van der Waals surface area contributed by atoms with Crippen molar-refractivity contribution in [3.63, 3.8) is 0 Å². The number of nitrogens with one attached hydrogen (secondary N) is 1. The van der Waals surface area contributed by atoms with Crippen molar-refractivity contribution in [2.45, 2.75) is 20.4 Å². The number of anilines is 1. The third-order valence-electron chi connectivity index (χ3n) is 4.17. The van der Waals surface area contributed by atoms with Crippen molar-refractivity contribution in [3.8, 4) is 11.3 Å². The molecule has 1 amide bonds. The van der Waals surface area contributed by atoms with E-state index in [1.807, 2.05) is 32.0 Å². The number of amides is 1. The van der Waals surface area contributed by atoms with Gasteiger partial charge in [-0.1, -0.05) is 23.7 Å². The number of benzene rings is 2. The summed E-state index contributed by atoms with van der Waals surface area (Å²) in [6, 6.07) is 12.5. The molecule has 3 aromatic rings. The van der Waals surface area contributed by atoms with Crippen molar-refractivity contribution in [1.82, 2.24) is 9.78 Å². The lowest BCUT2D eigenvalue weighted by Gasteiger charge is -2.10. The molecule has 7 heteroatoms. The highest BCUT2D eigenvalue weighted by Crippen LogP contribution is 2.22. The van der Waals surface area contributed by atoms with Crippen LogP contribution >= 0.6 is 11.6 Å². The fourth-order valence-electron chi connectivity index (χ4n) is 2.53. The van der Waals surface area contributed by atoms with Crippen molar-refractivity contribution in [2.75, 3.05) is 5.32 Å². The average Bonchev–Trinajstić information content (AvgIpc) is 2.62. The zero-order chi connectivity index (χ0) is 19.6. The van der Waals surface area contributed by atoms with Crippen molar-refractivity contribution < 1.29 is 9.18 Å². The number of carbonyl (C=O) groups is 1. The summed E-state index contributed by atoms with van der Waals surface area (Å²) in [5, 5.41) is 6.91. The Morgan fingerprint density at radius 2 is 1.89 bits per heavy atom. The first-order valence-corrected chi connectivity index (χ1v) is 8.62. The van der Waals surface area contributed by atoms with E-state index in [0.29, 0.717) is 5.69 Å².